The van der Waals surface area contributed by atoms with Crippen LogP contribution in [-0.4, -0.2) is 8.07 Å². The Balaban J connectivity index is 1.62. The third kappa shape index (κ3) is 1.80. The molecular weight excluding hydrogens is 328 g/mol. The van der Waals surface area contributed by atoms with Crippen LogP contribution in [0.1, 0.15) is 42.2 Å². The molecule has 1 fully saturated rings. The van der Waals surface area contributed by atoms with Gasteiger partial charge in [-0.3, -0.25) is 0 Å². The Morgan fingerprint density at radius 1 is 0.962 bits per heavy atom. The summed E-state index contributed by atoms with van der Waals surface area (Å²) in [6, 6.07) is 23.3. The zero-order valence-corrected chi connectivity index (χ0v) is 16.5. The summed E-state index contributed by atoms with van der Waals surface area (Å²) < 4.78 is 0. The fourth-order valence-electron chi connectivity index (χ4n) is 5.99. The molecule has 0 aromatic heterocycles. The van der Waals surface area contributed by atoms with Gasteiger partial charge < -0.3 is 0 Å². The minimum Gasteiger partial charge on any atom is -0.208 e. The standard InChI is InChI=1S/C25H24Si/c1-26(2,18-14-23-16-11-12-17(13-16)24(23)15-18)25-21-9-5-3-7-19(21)20-8-4-6-10-22(20)25/h3-10,14-17H,11-13H2,1-2H3/q-2. The Morgan fingerprint density at radius 3 is 2.62 bits per heavy atom. The molecule has 0 aliphatic heterocycles. The summed E-state index contributed by atoms with van der Waals surface area (Å²) in [7, 11) is -1.76. The summed E-state index contributed by atoms with van der Waals surface area (Å²) in [5.74, 6) is 1.73. The minimum atomic E-state index is -1.76. The van der Waals surface area contributed by atoms with E-state index in [0.29, 0.717) is 0 Å². The van der Waals surface area contributed by atoms with Crippen LogP contribution in [0.4, 0.5) is 0 Å². The lowest BCUT2D eigenvalue weighted by Crippen LogP contribution is -2.52. The first kappa shape index (κ1) is 15.0. The van der Waals surface area contributed by atoms with E-state index in [-0.39, 0.29) is 0 Å². The molecule has 4 aromatic carbocycles. The zero-order valence-electron chi connectivity index (χ0n) is 15.5. The largest absolute Gasteiger partial charge is 0.208 e. The number of benzene rings is 2. The van der Waals surface area contributed by atoms with Crippen LogP contribution >= 0.6 is 0 Å². The van der Waals surface area contributed by atoms with E-state index in [0.717, 1.165) is 11.8 Å². The number of hydrogen-bond acceptors (Lipinski definition) is 0. The molecule has 0 N–H and O–H groups in total. The Morgan fingerprint density at radius 2 is 1.77 bits per heavy atom. The molecule has 2 atom stereocenters. The third-order valence-corrected chi connectivity index (χ3v) is 10.8. The second kappa shape index (κ2) is 4.98. The zero-order chi connectivity index (χ0) is 17.5. The van der Waals surface area contributed by atoms with Gasteiger partial charge in [0.1, 0.15) is 0 Å². The summed E-state index contributed by atoms with van der Waals surface area (Å²) >= 11 is 0. The first-order valence-electron chi connectivity index (χ1n) is 10.0. The minimum absolute atomic E-state index is 0.863. The molecule has 0 radical (unpaired) electrons. The fraction of sp³-hybridized carbons (Fsp3) is 0.280. The topological polar surface area (TPSA) is 0 Å². The van der Waals surface area contributed by atoms with Crippen LogP contribution in [0.2, 0.25) is 13.1 Å². The van der Waals surface area contributed by atoms with Crippen molar-refractivity contribution in [1.82, 2.24) is 0 Å². The van der Waals surface area contributed by atoms with E-state index in [4.69, 9.17) is 0 Å². The quantitative estimate of drug-likeness (QED) is 0.324. The molecule has 2 bridgehead atoms. The predicted molar refractivity (Wildman–Crippen MR) is 115 cm³/mol. The van der Waals surface area contributed by atoms with Crippen molar-refractivity contribution in [2.45, 2.75) is 44.2 Å². The van der Waals surface area contributed by atoms with Crippen molar-refractivity contribution in [2.24, 2.45) is 0 Å². The first-order valence-corrected chi connectivity index (χ1v) is 13.0. The molecule has 2 unspecified atom stereocenters. The highest BCUT2D eigenvalue weighted by atomic mass is 28.3. The third-order valence-electron chi connectivity index (χ3n) is 7.30. The molecule has 130 valence electrons. The van der Waals surface area contributed by atoms with E-state index >= 15 is 0 Å². The highest BCUT2D eigenvalue weighted by Gasteiger charge is 2.34. The van der Waals surface area contributed by atoms with Gasteiger partial charge in [0.15, 0.2) is 0 Å². The molecule has 0 nitrogen and oxygen atoms in total. The SMILES string of the molecule is C[Si](C)(c1cc2[c-](c1)C1CCC2C1)c1c2ccccc2c2cccc[c-]12. The molecule has 4 aromatic rings. The molecule has 0 amide bonds. The van der Waals surface area contributed by atoms with Gasteiger partial charge in [0.25, 0.3) is 0 Å². The van der Waals surface area contributed by atoms with E-state index in [1.165, 1.54) is 40.8 Å². The molecule has 2 aliphatic rings. The second-order valence-corrected chi connectivity index (χ2v) is 13.3. The maximum Gasteiger partial charge on any atom is 0.0246 e. The Bertz CT molecular complexity index is 1070. The maximum absolute atomic E-state index is 2.61. The smallest absolute Gasteiger partial charge is 0.0246 e. The Labute approximate surface area is 156 Å². The number of rotatable bonds is 2. The van der Waals surface area contributed by atoms with Gasteiger partial charge in [-0.1, -0.05) is 61.5 Å². The summed E-state index contributed by atoms with van der Waals surface area (Å²) in [6.07, 6.45) is 4.27. The number of fused-ring (bicyclic) bond motifs is 8. The van der Waals surface area contributed by atoms with Crippen molar-refractivity contribution in [3.63, 3.8) is 0 Å². The average Bonchev–Trinajstić information content (AvgIpc) is 3.40. The summed E-state index contributed by atoms with van der Waals surface area (Å²) in [5.41, 5.74) is 3.41. The van der Waals surface area contributed by atoms with E-state index < -0.39 is 8.07 Å². The highest BCUT2D eigenvalue weighted by Crippen LogP contribution is 2.53. The fourth-order valence-corrected chi connectivity index (χ4v) is 9.10. The van der Waals surface area contributed by atoms with E-state index in [2.05, 4.69) is 73.8 Å². The van der Waals surface area contributed by atoms with Gasteiger partial charge in [-0.2, -0.15) is 22.4 Å². The monoisotopic (exact) mass is 352 g/mol. The lowest BCUT2D eigenvalue weighted by molar-refractivity contribution is 0.722. The van der Waals surface area contributed by atoms with Crippen LogP contribution in [0.3, 0.4) is 0 Å². The molecule has 26 heavy (non-hydrogen) atoms. The summed E-state index contributed by atoms with van der Waals surface area (Å²) in [5, 5.41) is 9.11. The lowest BCUT2D eigenvalue weighted by atomic mass is 9.96. The van der Waals surface area contributed by atoms with Crippen LogP contribution in [0.15, 0.2) is 60.7 Å². The molecule has 0 spiro atoms. The van der Waals surface area contributed by atoms with Gasteiger partial charge in [0.05, 0.1) is 0 Å². The predicted octanol–water partition coefficient (Wildman–Crippen LogP) is 5.62. The normalized spacial score (nSPS) is 21.8. The van der Waals surface area contributed by atoms with Crippen LogP contribution in [0, 0.1) is 0 Å². The molecular formula is C25H24Si-2. The first-order chi connectivity index (χ1) is 12.6. The van der Waals surface area contributed by atoms with Crippen LogP contribution < -0.4 is 10.4 Å². The Kier molecular flexibility index (Phi) is 2.87. The van der Waals surface area contributed by atoms with Gasteiger partial charge in [-0.15, -0.1) is 45.6 Å². The molecule has 6 rings (SSSR count). The van der Waals surface area contributed by atoms with E-state index in [1.807, 2.05) is 0 Å². The Hall–Kier alpha value is -2.12. The van der Waals surface area contributed by atoms with Gasteiger partial charge in [-0.25, -0.2) is 6.07 Å². The molecule has 1 heteroatoms. The van der Waals surface area contributed by atoms with Gasteiger partial charge in [-0.05, 0) is 12.3 Å². The van der Waals surface area contributed by atoms with E-state index in [1.54, 1.807) is 21.5 Å². The van der Waals surface area contributed by atoms with Crippen molar-refractivity contribution in [3.8, 4) is 0 Å². The molecule has 2 aliphatic carbocycles. The molecule has 0 saturated heterocycles. The van der Waals surface area contributed by atoms with Crippen LogP contribution in [0.5, 0.6) is 0 Å². The summed E-state index contributed by atoms with van der Waals surface area (Å²) in [6.45, 7) is 5.13. The maximum atomic E-state index is 2.61. The van der Waals surface area contributed by atoms with E-state index in [9.17, 15) is 0 Å². The molecule has 1 saturated carbocycles. The second-order valence-electron chi connectivity index (χ2n) is 8.95. The van der Waals surface area contributed by atoms with Gasteiger partial charge >= 0.3 is 0 Å². The van der Waals surface area contributed by atoms with Crippen molar-refractivity contribution in [1.29, 1.82) is 0 Å². The van der Waals surface area contributed by atoms with Crippen molar-refractivity contribution < 1.29 is 0 Å². The van der Waals surface area contributed by atoms with Crippen LogP contribution in [0.25, 0.3) is 21.5 Å². The average molecular weight is 353 g/mol. The van der Waals surface area contributed by atoms with Gasteiger partial charge in [0.2, 0.25) is 0 Å². The van der Waals surface area contributed by atoms with Gasteiger partial charge in [0, 0.05) is 8.07 Å². The van der Waals surface area contributed by atoms with Crippen molar-refractivity contribution >= 4 is 40.0 Å². The van der Waals surface area contributed by atoms with Crippen molar-refractivity contribution in [2.75, 3.05) is 0 Å². The molecule has 0 heterocycles. The lowest BCUT2D eigenvalue weighted by Gasteiger charge is -2.32. The number of hydrogen-bond donors (Lipinski definition) is 0. The summed E-state index contributed by atoms with van der Waals surface area (Å²) in [4.78, 5) is 0. The highest BCUT2D eigenvalue weighted by molar-refractivity contribution is 7.03. The van der Waals surface area contributed by atoms with Crippen molar-refractivity contribution in [3.05, 3.63) is 71.8 Å². The van der Waals surface area contributed by atoms with Crippen LogP contribution in [-0.2, 0) is 0 Å².